The van der Waals surface area contributed by atoms with E-state index in [-0.39, 0.29) is 23.2 Å². The van der Waals surface area contributed by atoms with Crippen molar-refractivity contribution in [1.82, 2.24) is 4.90 Å². The summed E-state index contributed by atoms with van der Waals surface area (Å²) >= 11 is 1.27. The van der Waals surface area contributed by atoms with Crippen molar-refractivity contribution in [1.29, 1.82) is 5.26 Å². The van der Waals surface area contributed by atoms with Crippen LogP contribution in [-0.2, 0) is 27.3 Å². The molecule has 1 aliphatic heterocycles. The van der Waals surface area contributed by atoms with Gasteiger partial charge in [0.25, 0.3) is 0 Å². The Kier molecular flexibility index (Phi) is 10.5. The minimum absolute atomic E-state index is 0.00366. The topological polar surface area (TPSA) is 82.4 Å². The van der Waals surface area contributed by atoms with Gasteiger partial charge in [-0.15, -0.1) is 11.3 Å². The number of nitrogens with zero attached hydrogens (tertiary/aromatic N) is 2. The number of likely N-dealkylation sites (tertiary alicyclic amines) is 1. The van der Waals surface area contributed by atoms with Gasteiger partial charge in [-0.05, 0) is 107 Å². The highest BCUT2D eigenvalue weighted by atomic mass is 32.1. The zero-order valence-electron chi connectivity index (χ0n) is 27.8. The highest BCUT2D eigenvalue weighted by Crippen LogP contribution is 2.47. The number of anilines is 1. The number of nitriles is 1. The van der Waals surface area contributed by atoms with Crippen molar-refractivity contribution in [3.05, 3.63) is 74.9 Å². The number of hydrogen-bond acceptors (Lipinski definition) is 6. The monoisotopic (exact) mass is 711 g/mol. The lowest BCUT2D eigenvalue weighted by Gasteiger charge is -2.33. The van der Waals surface area contributed by atoms with Crippen LogP contribution in [0.3, 0.4) is 0 Å². The molecule has 0 unspecified atom stereocenters. The molecule has 2 heterocycles. The number of hydrogen-bond donors (Lipinski definition) is 1. The van der Waals surface area contributed by atoms with E-state index in [4.69, 9.17) is 4.74 Å². The fourth-order valence-corrected chi connectivity index (χ4v) is 7.09. The molecule has 0 saturated carbocycles. The predicted molar refractivity (Wildman–Crippen MR) is 172 cm³/mol. The molecule has 1 aliphatic rings. The molecule has 0 bridgehead atoms. The van der Waals surface area contributed by atoms with Crippen LogP contribution in [0.2, 0.25) is 0 Å². The molecule has 1 saturated heterocycles. The molecule has 4 rings (SSSR count). The summed E-state index contributed by atoms with van der Waals surface area (Å²) in [5, 5.41) is 13.3. The first-order valence-electron chi connectivity index (χ1n) is 15.4. The lowest BCUT2D eigenvalue weighted by atomic mass is 9.79. The highest BCUT2D eigenvalue weighted by Gasteiger charge is 2.40. The molecule has 0 aliphatic carbocycles. The van der Waals surface area contributed by atoms with Crippen LogP contribution in [0.15, 0.2) is 36.4 Å². The predicted octanol–water partition coefficient (Wildman–Crippen LogP) is 9.85. The molecule has 0 radical (unpaired) electrons. The standard InChI is InChI=1S/C35H36F7N3O3S/c1-19-13-24(36)7-8-25(19)30-28(26(17-43)29(49-30)20-9-11-45(12-10-20)31(47)48-32(2,3)4)44-18-27(46)33(5,6)21-14-22(34(37,38)39)16-23(15-21)35(40,41)42/h7-8,13-16,20,44H,9-12,18H2,1-6H3. The minimum Gasteiger partial charge on any atom is -0.444 e. The number of carbonyl (C=O) groups is 2. The molecule has 0 spiro atoms. The molecule has 264 valence electrons. The number of nitrogens with one attached hydrogen (secondary N) is 1. The Morgan fingerprint density at radius 3 is 1.98 bits per heavy atom. The molecular formula is C35H36F7N3O3S. The first-order valence-corrected chi connectivity index (χ1v) is 16.2. The second-order valence-corrected chi connectivity index (χ2v) is 14.6. The minimum atomic E-state index is -5.09. The Hall–Kier alpha value is -4.12. The number of halogens is 7. The molecular weight excluding hydrogens is 675 g/mol. The summed E-state index contributed by atoms with van der Waals surface area (Å²) in [6.45, 7) is 9.62. The van der Waals surface area contributed by atoms with E-state index >= 15 is 0 Å². The van der Waals surface area contributed by atoms with Gasteiger partial charge in [-0.3, -0.25) is 4.79 Å². The van der Waals surface area contributed by atoms with Crippen LogP contribution >= 0.6 is 11.3 Å². The van der Waals surface area contributed by atoms with Crippen molar-refractivity contribution in [2.75, 3.05) is 25.0 Å². The summed E-state index contributed by atoms with van der Waals surface area (Å²) in [6.07, 6.45) is -9.63. The van der Waals surface area contributed by atoms with Gasteiger partial charge in [0, 0.05) is 18.0 Å². The molecule has 49 heavy (non-hydrogen) atoms. The van der Waals surface area contributed by atoms with Gasteiger partial charge in [0.15, 0.2) is 5.78 Å². The van der Waals surface area contributed by atoms with E-state index in [9.17, 15) is 45.6 Å². The number of thiophene rings is 1. The number of piperidine rings is 1. The largest absolute Gasteiger partial charge is 0.444 e. The van der Waals surface area contributed by atoms with Gasteiger partial charge < -0.3 is 15.0 Å². The smallest absolute Gasteiger partial charge is 0.416 e. The zero-order chi connectivity index (χ0) is 36.7. The van der Waals surface area contributed by atoms with Crippen molar-refractivity contribution >= 4 is 28.9 Å². The number of rotatable bonds is 7. The summed E-state index contributed by atoms with van der Waals surface area (Å²) in [7, 11) is 0. The van der Waals surface area contributed by atoms with Crippen LogP contribution in [0.25, 0.3) is 10.4 Å². The van der Waals surface area contributed by atoms with Crippen molar-refractivity contribution in [3.8, 4) is 16.5 Å². The lowest BCUT2D eigenvalue weighted by Crippen LogP contribution is -2.41. The van der Waals surface area contributed by atoms with Gasteiger partial charge in [0.1, 0.15) is 17.5 Å². The zero-order valence-corrected chi connectivity index (χ0v) is 28.6. The van der Waals surface area contributed by atoms with Crippen LogP contribution in [0.1, 0.15) is 86.1 Å². The van der Waals surface area contributed by atoms with Crippen molar-refractivity contribution < 1.29 is 45.1 Å². The van der Waals surface area contributed by atoms with Crippen LogP contribution in [0.5, 0.6) is 0 Å². The van der Waals surface area contributed by atoms with Crippen LogP contribution in [-0.4, -0.2) is 42.0 Å². The molecule has 2 aromatic carbocycles. The van der Waals surface area contributed by atoms with Gasteiger partial charge in [-0.2, -0.15) is 31.6 Å². The summed E-state index contributed by atoms with van der Waals surface area (Å²) in [6, 6.07) is 7.36. The Morgan fingerprint density at radius 2 is 1.49 bits per heavy atom. The van der Waals surface area contributed by atoms with Crippen molar-refractivity contribution in [2.45, 2.75) is 83.7 Å². The third kappa shape index (κ3) is 8.55. The highest BCUT2D eigenvalue weighted by molar-refractivity contribution is 7.16. The second kappa shape index (κ2) is 13.7. The van der Waals surface area contributed by atoms with Crippen molar-refractivity contribution in [2.24, 2.45) is 0 Å². The van der Waals surface area contributed by atoms with Gasteiger partial charge in [0.05, 0.1) is 39.2 Å². The Morgan fingerprint density at radius 1 is 0.939 bits per heavy atom. The van der Waals surface area contributed by atoms with Gasteiger partial charge in [0.2, 0.25) is 0 Å². The number of Topliss-reactive ketones (excluding diaryl/α,β-unsaturated/α-hetero) is 1. The van der Waals surface area contributed by atoms with Crippen LogP contribution < -0.4 is 5.32 Å². The average Bonchev–Trinajstić information content (AvgIpc) is 3.36. The summed E-state index contributed by atoms with van der Waals surface area (Å²) in [5.74, 6) is -1.38. The van der Waals surface area contributed by atoms with E-state index < -0.39 is 64.3 Å². The maximum absolute atomic E-state index is 14.1. The molecule has 0 atom stereocenters. The number of ketones is 1. The van der Waals surface area contributed by atoms with E-state index in [1.165, 1.54) is 43.4 Å². The fraction of sp³-hybridized carbons (Fsp3) is 0.457. The van der Waals surface area contributed by atoms with E-state index in [0.29, 0.717) is 58.9 Å². The molecule has 1 aromatic heterocycles. The van der Waals surface area contributed by atoms with E-state index in [1.807, 2.05) is 0 Å². The Labute approximate surface area is 283 Å². The summed E-state index contributed by atoms with van der Waals surface area (Å²) < 4.78 is 101. The second-order valence-electron chi connectivity index (χ2n) is 13.6. The van der Waals surface area contributed by atoms with E-state index in [0.717, 1.165) is 0 Å². The number of aryl methyl sites for hydroxylation is 1. The number of alkyl halides is 6. The molecule has 1 fully saturated rings. The normalized spacial score (nSPS) is 14.8. The van der Waals surface area contributed by atoms with Gasteiger partial charge >= 0.3 is 18.4 Å². The number of carbonyl (C=O) groups excluding carboxylic acids is 2. The quantitative estimate of drug-likeness (QED) is 0.247. The number of amides is 1. The first kappa shape index (κ1) is 37.7. The molecule has 14 heteroatoms. The molecule has 1 N–H and O–H groups in total. The molecule has 3 aromatic rings. The summed E-state index contributed by atoms with van der Waals surface area (Å²) in [5.41, 5.74) is -4.46. The molecule has 6 nitrogen and oxygen atoms in total. The average molecular weight is 712 g/mol. The lowest BCUT2D eigenvalue weighted by molar-refractivity contribution is -0.143. The number of ether oxygens (including phenoxy) is 1. The Bertz CT molecular complexity index is 1740. The molecule has 1 amide bonds. The van der Waals surface area contributed by atoms with E-state index in [2.05, 4.69) is 11.4 Å². The third-order valence-corrected chi connectivity index (χ3v) is 9.82. The SMILES string of the molecule is Cc1cc(F)ccc1-c1sc(C2CCN(C(=O)OC(C)(C)C)CC2)c(C#N)c1NCC(=O)C(C)(C)c1cc(C(F)(F)F)cc(C(F)(F)F)c1. The Balaban J connectivity index is 1.69. The summed E-state index contributed by atoms with van der Waals surface area (Å²) in [4.78, 5) is 29.0. The third-order valence-electron chi connectivity index (χ3n) is 8.43. The maximum Gasteiger partial charge on any atom is 0.416 e. The van der Waals surface area contributed by atoms with Crippen LogP contribution in [0.4, 0.5) is 41.2 Å². The maximum atomic E-state index is 14.1. The first-order chi connectivity index (χ1) is 22.5. The van der Waals surface area contributed by atoms with Crippen molar-refractivity contribution in [3.63, 3.8) is 0 Å². The van der Waals surface area contributed by atoms with Crippen LogP contribution in [0, 0.1) is 24.1 Å². The number of benzene rings is 2. The fourth-order valence-electron chi connectivity index (χ4n) is 5.60. The van der Waals surface area contributed by atoms with Gasteiger partial charge in [-0.25, -0.2) is 9.18 Å². The van der Waals surface area contributed by atoms with E-state index in [1.54, 1.807) is 32.6 Å². The van der Waals surface area contributed by atoms with Gasteiger partial charge in [-0.1, -0.05) is 6.07 Å².